The summed E-state index contributed by atoms with van der Waals surface area (Å²) in [5.41, 5.74) is 1.94. The summed E-state index contributed by atoms with van der Waals surface area (Å²) in [7, 11) is 1.55. The van der Waals surface area contributed by atoms with Crippen molar-refractivity contribution in [2.45, 2.75) is 51.8 Å². The summed E-state index contributed by atoms with van der Waals surface area (Å²) < 4.78 is 5.37. The van der Waals surface area contributed by atoms with Crippen LogP contribution in [0, 0.1) is 6.92 Å². The number of rotatable bonds is 10. The maximum absolute atomic E-state index is 13.7. The summed E-state index contributed by atoms with van der Waals surface area (Å²) in [6.45, 7) is 10.9. The lowest BCUT2D eigenvalue weighted by Gasteiger charge is -2.32. The molecule has 0 spiro atoms. The highest BCUT2D eigenvalue weighted by molar-refractivity contribution is 7.98. The predicted molar refractivity (Wildman–Crippen MR) is 153 cm³/mol. The van der Waals surface area contributed by atoms with E-state index in [2.05, 4.69) is 17.2 Å². The van der Waals surface area contributed by atoms with Crippen LogP contribution in [0.3, 0.4) is 0 Å². The summed E-state index contributed by atoms with van der Waals surface area (Å²) in [6.07, 6.45) is 3.27. The van der Waals surface area contributed by atoms with Gasteiger partial charge in [-0.05, 0) is 74.9 Å². The van der Waals surface area contributed by atoms with E-state index in [-0.39, 0.29) is 0 Å². The lowest BCUT2D eigenvalue weighted by molar-refractivity contribution is -0.139. The minimum Gasteiger partial charge on any atom is -0.444 e. The Morgan fingerprint density at radius 1 is 1.19 bits per heavy atom. The monoisotopic (exact) mass is 545 g/mol. The largest absolute Gasteiger partial charge is 0.444 e. The Bertz CT molecular complexity index is 1110. The Morgan fingerprint density at radius 2 is 1.86 bits per heavy atom. The van der Waals surface area contributed by atoms with Crippen LogP contribution in [-0.2, 0) is 14.3 Å². The molecule has 3 amide bonds. The second-order valence-electron chi connectivity index (χ2n) is 9.63. The molecule has 37 heavy (non-hydrogen) atoms. The Hall–Kier alpha value is -2.97. The number of thioether (sulfide) groups is 1. The van der Waals surface area contributed by atoms with Crippen molar-refractivity contribution in [1.82, 2.24) is 10.2 Å². The maximum Gasteiger partial charge on any atom is 0.408 e. The standard InChI is InChI=1S/C28H36ClN3O4S/c1-8-19-12-10-13-20(17-19)24(25(33)31-23-18(2)11-9-14-21(23)29)32(6)26(34)22(15-16-37-7)30-27(35)36-28(3,4)5/h8-14,17,22,24H,1,15-16H2,2-7H3,(H,30,35)(H,31,33). The van der Waals surface area contributed by atoms with Crippen LogP contribution in [0.4, 0.5) is 10.5 Å². The first-order valence-corrected chi connectivity index (χ1v) is 13.7. The number of halogens is 1. The van der Waals surface area contributed by atoms with E-state index < -0.39 is 35.6 Å². The van der Waals surface area contributed by atoms with Gasteiger partial charge in [0.2, 0.25) is 5.91 Å². The van der Waals surface area contributed by atoms with Crippen molar-refractivity contribution in [2.75, 3.05) is 24.4 Å². The molecule has 0 aliphatic rings. The molecule has 9 heteroatoms. The molecular weight excluding hydrogens is 510 g/mol. The van der Waals surface area contributed by atoms with Crippen molar-refractivity contribution >= 4 is 53.0 Å². The van der Waals surface area contributed by atoms with E-state index in [1.54, 1.807) is 76.0 Å². The van der Waals surface area contributed by atoms with E-state index in [9.17, 15) is 14.4 Å². The van der Waals surface area contributed by atoms with Gasteiger partial charge in [-0.1, -0.05) is 54.6 Å². The Kier molecular flexibility index (Phi) is 11.1. The number of carbonyl (C=O) groups excluding carboxylic acids is 3. The molecule has 0 aromatic heterocycles. The molecule has 2 aromatic carbocycles. The predicted octanol–water partition coefficient (Wildman–Crippen LogP) is 6.08. The minimum atomic E-state index is -1.000. The van der Waals surface area contributed by atoms with E-state index in [1.807, 2.05) is 25.3 Å². The molecule has 2 atom stereocenters. The lowest BCUT2D eigenvalue weighted by Crippen LogP contribution is -2.51. The number of benzene rings is 2. The van der Waals surface area contributed by atoms with E-state index >= 15 is 0 Å². The Labute approximate surface area is 229 Å². The summed E-state index contributed by atoms with van der Waals surface area (Å²) in [5.74, 6) is -0.226. The summed E-state index contributed by atoms with van der Waals surface area (Å²) in [4.78, 5) is 41.3. The minimum absolute atomic E-state index is 0.369. The van der Waals surface area contributed by atoms with Crippen molar-refractivity contribution in [2.24, 2.45) is 0 Å². The normalized spacial score (nSPS) is 12.7. The van der Waals surface area contributed by atoms with Crippen molar-refractivity contribution in [3.8, 4) is 0 Å². The average Bonchev–Trinajstić information content (AvgIpc) is 2.82. The third-order valence-corrected chi connectivity index (χ3v) is 6.47. The third kappa shape index (κ3) is 8.83. The molecule has 200 valence electrons. The summed E-state index contributed by atoms with van der Waals surface area (Å²) in [6, 6.07) is 10.7. The third-order valence-electron chi connectivity index (χ3n) is 5.52. The highest BCUT2D eigenvalue weighted by Crippen LogP contribution is 2.29. The number of anilines is 1. The topological polar surface area (TPSA) is 87.7 Å². The zero-order valence-electron chi connectivity index (χ0n) is 22.3. The first-order valence-electron chi connectivity index (χ1n) is 11.9. The van der Waals surface area contributed by atoms with Gasteiger partial charge >= 0.3 is 6.09 Å². The average molecular weight is 546 g/mol. The number of likely N-dealkylation sites (N-methyl/N-ethyl adjacent to an activating group) is 1. The molecule has 2 N–H and O–H groups in total. The van der Waals surface area contributed by atoms with E-state index in [0.29, 0.717) is 28.4 Å². The fraction of sp³-hybridized carbons (Fsp3) is 0.393. The molecule has 2 unspecified atom stereocenters. The molecule has 0 fully saturated rings. The van der Waals surface area contributed by atoms with Gasteiger partial charge in [0.1, 0.15) is 17.7 Å². The van der Waals surface area contributed by atoms with Crippen LogP contribution in [0.15, 0.2) is 49.0 Å². The second-order valence-corrected chi connectivity index (χ2v) is 11.0. The Morgan fingerprint density at radius 3 is 2.46 bits per heavy atom. The highest BCUT2D eigenvalue weighted by Gasteiger charge is 2.34. The number of ether oxygens (including phenoxy) is 1. The molecule has 0 aliphatic heterocycles. The number of alkyl carbamates (subject to hydrolysis) is 1. The molecule has 0 saturated carbocycles. The number of aryl methyl sites for hydroxylation is 1. The number of nitrogens with one attached hydrogen (secondary N) is 2. The van der Waals surface area contributed by atoms with Gasteiger partial charge in [-0.25, -0.2) is 4.79 Å². The number of carbonyl (C=O) groups is 3. The number of para-hydroxylation sites is 1. The molecule has 2 aromatic rings. The SMILES string of the molecule is C=Cc1cccc(C(C(=O)Nc2c(C)cccc2Cl)N(C)C(=O)C(CCSC)NC(=O)OC(C)(C)C)c1. The van der Waals surface area contributed by atoms with Gasteiger partial charge in [-0.2, -0.15) is 11.8 Å². The number of amides is 3. The molecule has 2 rings (SSSR count). The summed E-state index contributed by atoms with van der Waals surface area (Å²) >= 11 is 7.91. The smallest absolute Gasteiger partial charge is 0.408 e. The van der Waals surface area contributed by atoms with Crippen LogP contribution in [0.5, 0.6) is 0 Å². The summed E-state index contributed by atoms with van der Waals surface area (Å²) in [5, 5.41) is 5.98. The zero-order valence-corrected chi connectivity index (χ0v) is 23.8. The molecule has 0 radical (unpaired) electrons. The quantitative estimate of drug-likeness (QED) is 0.378. The van der Waals surface area contributed by atoms with Crippen LogP contribution in [0.1, 0.15) is 49.9 Å². The lowest BCUT2D eigenvalue weighted by atomic mass is 10.0. The number of nitrogens with zero attached hydrogens (tertiary/aromatic N) is 1. The van der Waals surface area contributed by atoms with Crippen LogP contribution in [0.2, 0.25) is 5.02 Å². The van der Waals surface area contributed by atoms with Crippen LogP contribution < -0.4 is 10.6 Å². The van der Waals surface area contributed by atoms with Gasteiger partial charge in [0, 0.05) is 7.05 Å². The molecule has 0 saturated heterocycles. The maximum atomic E-state index is 13.7. The second kappa shape index (κ2) is 13.5. The molecule has 0 heterocycles. The zero-order chi connectivity index (χ0) is 27.8. The first kappa shape index (κ1) is 30.3. The van der Waals surface area contributed by atoms with Crippen LogP contribution in [-0.4, -0.2) is 53.5 Å². The van der Waals surface area contributed by atoms with Crippen molar-refractivity contribution in [1.29, 1.82) is 0 Å². The van der Waals surface area contributed by atoms with Gasteiger partial charge in [0.15, 0.2) is 0 Å². The van der Waals surface area contributed by atoms with Gasteiger partial charge in [0.05, 0.1) is 10.7 Å². The molecule has 0 aliphatic carbocycles. The molecular formula is C28H36ClN3O4S. The van der Waals surface area contributed by atoms with Gasteiger partial charge < -0.3 is 20.3 Å². The fourth-order valence-electron chi connectivity index (χ4n) is 3.70. The first-order chi connectivity index (χ1) is 17.4. The van der Waals surface area contributed by atoms with Crippen molar-refractivity contribution < 1.29 is 19.1 Å². The number of hydrogen-bond acceptors (Lipinski definition) is 5. The Balaban J connectivity index is 2.44. The van der Waals surface area contributed by atoms with Crippen LogP contribution in [0.25, 0.3) is 6.08 Å². The highest BCUT2D eigenvalue weighted by atomic mass is 35.5. The van der Waals surface area contributed by atoms with E-state index in [1.165, 1.54) is 4.90 Å². The van der Waals surface area contributed by atoms with Gasteiger partial charge in [0.25, 0.3) is 5.91 Å². The van der Waals surface area contributed by atoms with Crippen molar-refractivity contribution in [3.63, 3.8) is 0 Å². The number of hydrogen-bond donors (Lipinski definition) is 2. The van der Waals surface area contributed by atoms with E-state index in [0.717, 1.165) is 11.1 Å². The molecule has 0 bridgehead atoms. The van der Waals surface area contributed by atoms with Crippen molar-refractivity contribution in [3.05, 3.63) is 70.8 Å². The van der Waals surface area contributed by atoms with E-state index in [4.69, 9.17) is 16.3 Å². The van der Waals surface area contributed by atoms with Crippen LogP contribution >= 0.6 is 23.4 Å². The van der Waals surface area contributed by atoms with Gasteiger partial charge in [-0.15, -0.1) is 0 Å². The van der Waals surface area contributed by atoms with Gasteiger partial charge in [-0.3, -0.25) is 9.59 Å². The fourth-order valence-corrected chi connectivity index (χ4v) is 4.45. The molecule has 7 nitrogen and oxygen atoms in total.